The molecule has 4 nitrogen and oxygen atoms in total. The van der Waals surface area contributed by atoms with Crippen LogP contribution in [0.15, 0.2) is 24.3 Å². The highest BCUT2D eigenvalue weighted by Crippen LogP contribution is 2.31. The second-order valence-electron chi connectivity index (χ2n) is 5.02. The topological polar surface area (TPSA) is 52.4 Å². The molecule has 0 radical (unpaired) electrons. The van der Waals surface area contributed by atoms with Crippen molar-refractivity contribution in [2.45, 2.75) is 58.5 Å². The second kappa shape index (κ2) is 9.48. The Morgan fingerprint density at radius 3 is 2.50 bits per heavy atom. The van der Waals surface area contributed by atoms with Crippen LogP contribution in [0, 0.1) is 10.1 Å². The molecule has 20 heavy (non-hydrogen) atoms. The molecular weight excluding hydrogens is 254 g/mol. The summed E-state index contributed by atoms with van der Waals surface area (Å²) >= 11 is 0. The lowest BCUT2D eigenvalue weighted by atomic mass is 10.0. The molecule has 0 bridgehead atoms. The van der Waals surface area contributed by atoms with Gasteiger partial charge in [-0.2, -0.15) is 0 Å². The number of hydrogen-bond acceptors (Lipinski definition) is 3. The number of nitro benzene ring substituents is 1. The Labute approximate surface area is 121 Å². The van der Waals surface area contributed by atoms with Gasteiger partial charge in [-0.15, -0.1) is 0 Å². The van der Waals surface area contributed by atoms with Crippen molar-refractivity contribution in [1.82, 2.24) is 0 Å². The molecule has 0 fully saturated rings. The van der Waals surface area contributed by atoms with Crippen LogP contribution in [0.2, 0.25) is 0 Å². The van der Waals surface area contributed by atoms with E-state index in [0.29, 0.717) is 12.2 Å². The lowest BCUT2D eigenvalue weighted by molar-refractivity contribution is -0.386. The standard InChI is InChI=1S/C16H25NO3/c1-3-5-9-13-20-16(12-6-4-2)14-10-7-8-11-15(14)17(18)19/h7-8,10-11,16H,3-6,9,12-13H2,1-2H3. The largest absolute Gasteiger partial charge is 0.373 e. The highest BCUT2D eigenvalue weighted by molar-refractivity contribution is 5.41. The molecule has 0 heterocycles. The second-order valence-corrected chi connectivity index (χ2v) is 5.02. The van der Waals surface area contributed by atoms with Crippen molar-refractivity contribution in [2.24, 2.45) is 0 Å². The monoisotopic (exact) mass is 279 g/mol. The number of nitro groups is 1. The van der Waals surface area contributed by atoms with Crippen molar-refractivity contribution in [2.75, 3.05) is 6.61 Å². The minimum Gasteiger partial charge on any atom is -0.373 e. The van der Waals surface area contributed by atoms with Crippen LogP contribution >= 0.6 is 0 Å². The van der Waals surface area contributed by atoms with E-state index in [1.165, 1.54) is 0 Å². The molecule has 0 saturated carbocycles. The number of rotatable bonds is 10. The van der Waals surface area contributed by atoms with Gasteiger partial charge in [0.05, 0.1) is 16.6 Å². The third-order valence-corrected chi connectivity index (χ3v) is 3.37. The molecule has 112 valence electrons. The summed E-state index contributed by atoms with van der Waals surface area (Å²) in [5, 5.41) is 11.1. The molecule has 0 aliphatic carbocycles. The number of unbranched alkanes of at least 4 members (excludes halogenated alkanes) is 3. The van der Waals surface area contributed by atoms with Gasteiger partial charge in [0.1, 0.15) is 0 Å². The zero-order chi connectivity index (χ0) is 14.8. The Hall–Kier alpha value is -1.42. The minimum atomic E-state index is -0.316. The molecule has 0 N–H and O–H groups in total. The van der Waals surface area contributed by atoms with Gasteiger partial charge in [-0.1, -0.05) is 51.7 Å². The van der Waals surface area contributed by atoms with Crippen LogP contribution in [-0.2, 0) is 4.74 Å². The van der Waals surface area contributed by atoms with Crippen molar-refractivity contribution >= 4 is 5.69 Å². The maximum Gasteiger partial charge on any atom is 0.275 e. The SMILES string of the molecule is CCCCCOC(CCCC)c1ccccc1[N+](=O)[O-]. The lowest BCUT2D eigenvalue weighted by Crippen LogP contribution is -2.08. The average molecular weight is 279 g/mol. The van der Waals surface area contributed by atoms with Gasteiger partial charge in [0.25, 0.3) is 5.69 Å². The number of ether oxygens (including phenoxy) is 1. The zero-order valence-corrected chi connectivity index (χ0v) is 12.5. The van der Waals surface area contributed by atoms with Gasteiger partial charge >= 0.3 is 0 Å². The average Bonchev–Trinajstić information content (AvgIpc) is 2.46. The van der Waals surface area contributed by atoms with Gasteiger partial charge < -0.3 is 4.74 Å². The molecule has 0 amide bonds. The fourth-order valence-corrected chi connectivity index (χ4v) is 2.22. The first-order valence-electron chi connectivity index (χ1n) is 7.55. The Morgan fingerprint density at radius 1 is 1.15 bits per heavy atom. The highest BCUT2D eigenvalue weighted by Gasteiger charge is 2.21. The first-order chi connectivity index (χ1) is 9.70. The van der Waals surface area contributed by atoms with Gasteiger partial charge in [0.2, 0.25) is 0 Å². The smallest absolute Gasteiger partial charge is 0.275 e. The molecule has 1 aromatic carbocycles. The van der Waals surface area contributed by atoms with E-state index < -0.39 is 0 Å². The number of nitrogens with zero attached hydrogens (tertiary/aromatic N) is 1. The molecule has 1 rings (SSSR count). The molecular formula is C16H25NO3. The maximum absolute atomic E-state index is 11.1. The molecule has 0 aliphatic heterocycles. The van der Waals surface area contributed by atoms with Crippen LogP contribution in [0.3, 0.4) is 0 Å². The van der Waals surface area contributed by atoms with Crippen molar-refractivity contribution in [3.05, 3.63) is 39.9 Å². The van der Waals surface area contributed by atoms with E-state index in [1.807, 2.05) is 12.1 Å². The van der Waals surface area contributed by atoms with E-state index in [4.69, 9.17) is 4.74 Å². The predicted molar refractivity (Wildman–Crippen MR) is 80.8 cm³/mol. The predicted octanol–water partition coefficient (Wildman–Crippen LogP) is 5.03. The Bertz CT molecular complexity index is 406. The molecule has 4 heteroatoms. The molecule has 0 spiro atoms. The minimum absolute atomic E-state index is 0.159. The van der Waals surface area contributed by atoms with E-state index in [9.17, 15) is 10.1 Å². The first-order valence-corrected chi connectivity index (χ1v) is 7.55. The molecule has 1 unspecified atom stereocenters. The van der Waals surface area contributed by atoms with Crippen molar-refractivity contribution in [3.63, 3.8) is 0 Å². The summed E-state index contributed by atoms with van der Waals surface area (Å²) in [6.45, 7) is 4.94. The zero-order valence-electron chi connectivity index (χ0n) is 12.5. The molecule has 0 aromatic heterocycles. The number of benzene rings is 1. The quantitative estimate of drug-likeness (QED) is 0.343. The Balaban J connectivity index is 2.78. The van der Waals surface area contributed by atoms with E-state index in [1.54, 1.807) is 12.1 Å². The summed E-state index contributed by atoms with van der Waals surface area (Å²) < 4.78 is 5.92. The molecule has 0 aliphatic rings. The fraction of sp³-hybridized carbons (Fsp3) is 0.625. The van der Waals surface area contributed by atoms with Crippen molar-refractivity contribution in [3.8, 4) is 0 Å². The summed E-state index contributed by atoms with van der Waals surface area (Å²) in [6, 6.07) is 6.92. The summed E-state index contributed by atoms with van der Waals surface area (Å²) in [4.78, 5) is 10.8. The maximum atomic E-state index is 11.1. The van der Waals surface area contributed by atoms with E-state index >= 15 is 0 Å². The van der Waals surface area contributed by atoms with Gasteiger partial charge in [0.15, 0.2) is 0 Å². The van der Waals surface area contributed by atoms with Crippen LogP contribution in [0.4, 0.5) is 5.69 Å². The van der Waals surface area contributed by atoms with Crippen LogP contribution in [-0.4, -0.2) is 11.5 Å². The van der Waals surface area contributed by atoms with Gasteiger partial charge in [-0.25, -0.2) is 0 Å². The Morgan fingerprint density at radius 2 is 1.85 bits per heavy atom. The molecule has 0 saturated heterocycles. The summed E-state index contributed by atoms with van der Waals surface area (Å²) in [5.41, 5.74) is 0.881. The summed E-state index contributed by atoms with van der Waals surface area (Å²) in [6.07, 6.45) is 6.06. The molecule has 1 atom stereocenters. The lowest BCUT2D eigenvalue weighted by Gasteiger charge is -2.18. The van der Waals surface area contributed by atoms with Gasteiger partial charge in [0, 0.05) is 12.7 Å². The third-order valence-electron chi connectivity index (χ3n) is 3.37. The summed E-state index contributed by atoms with van der Waals surface area (Å²) in [5.74, 6) is 0. The number of hydrogen-bond donors (Lipinski definition) is 0. The fourth-order valence-electron chi connectivity index (χ4n) is 2.22. The first kappa shape index (κ1) is 16.6. The van der Waals surface area contributed by atoms with Gasteiger partial charge in [-0.3, -0.25) is 10.1 Å². The normalized spacial score (nSPS) is 12.3. The third kappa shape index (κ3) is 5.29. The van der Waals surface area contributed by atoms with Crippen LogP contribution in [0.5, 0.6) is 0 Å². The van der Waals surface area contributed by atoms with Crippen LogP contribution < -0.4 is 0 Å². The highest BCUT2D eigenvalue weighted by atomic mass is 16.6. The Kier molecular flexibility index (Phi) is 7.88. The van der Waals surface area contributed by atoms with Gasteiger partial charge in [-0.05, 0) is 18.9 Å². The molecule has 1 aromatic rings. The van der Waals surface area contributed by atoms with E-state index in [0.717, 1.165) is 38.5 Å². The van der Waals surface area contributed by atoms with Crippen LogP contribution in [0.25, 0.3) is 0 Å². The van der Waals surface area contributed by atoms with E-state index in [-0.39, 0.29) is 16.7 Å². The van der Waals surface area contributed by atoms with E-state index in [2.05, 4.69) is 13.8 Å². The van der Waals surface area contributed by atoms with Crippen LogP contribution in [0.1, 0.15) is 64.0 Å². The number of para-hydroxylation sites is 1. The van der Waals surface area contributed by atoms with Crippen molar-refractivity contribution < 1.29 is 9.66 Å². The van der Waals surface area contributed by atoms with Crippen molar-refractivity contribution in [1.29, 1.82) is 0 Å². The summed E-state index contributed by atoms with van der Waals surface area (Å²) in [7, 11) is 0.